The third kappa shape index (κ3) is 16.3. The second-order valence-corrected chi connectivity index (χ2v) is 20.7. The van der Waals surface area contributed by atoms with E-state index in [1.54, 1.807) is 79.7 Å². The molecule has 2 saturated heterocycles. The van der Waals surface area contributed by atoms with Gasteiger partial charge < -0.3 is 45.1 Å². The molecule has 9 N–H and O–H groups in total. The van der Waals surface area contributed by atoms with Crippen molar-refractivity contribution in [3.8, 4) is 5.75 Å². The van der Waals surface area contributed by atoms with Gasteiger partial charge in [-0.25, -0.2) is 15.9 Å². The molecule has 0 saturated carbocycles. The van der Waals surface area contributed by atoms with Crippen LogP contribution in [0.3, 0.4) is 0 Å². The Labute approximate surface area is 478 Å². The smallest absolute Gasteiger partial charge is 0.276 e. The van der Waals surface area contributed by atoms with Crippen molar-refractivity contribution in [3.63, 3.8) is 0 Å². The summed E-state index contributed by atoms with van der Waals surface area (Å²) in [5.74, 6) is 4.07. The average Bonchev–Trinajstić information content (AvgIpc) is 4.25. The number of anilines is 2. The lowest BCUT2D eigenvalue weighted by Gasteiger charge is -2.54. The van der Waals surface area contributed by atoms with Crippen molar-refractivity contribution in [2.45, 2.75) is 126 Å². The molecule has 0 atom stereocenters. The molecule has 2 aromatic carbocycles. The number of nitrogens with zero attached hydrogens (tertiary/aromatic N) is 10. The highest BCUT2D eigenvalue weighted by Crippen LogP contribution is 2.33. The number of amides is 6. The molecule has 4 aromatic heterocycles. The van der Waals surface area contributed by atoms with E-state index in [-0.39, 0.29) is 61.1 Å². The first kappa shape index (κ1) is 63.2. The molecule has 25 heteroatoms. The van der Waals surface area contributed by atoms with Gasteiger partial charge >= 0.3 is 0 Å². The number of primary amides is 2. The quantitative estimate of drug-likeness (QED) is 0.0240. The number of nitrogens with two attached hydrogens (primary N) is 3. The van der Waals surface area contributed by atoms with Crippen molar-refractivity contribution < 1.29 is 43.1 Å². The summed E-state index contributed by atoms with van der Waals surface area (Å²) in [5.41, 5.74) is 15.3. The monoisotopic (exact) mass is 1130 g/mol. The molecule has 2 aliphatic rings. The van der Waals surface area contributed by atoms with E-state index < -0.39 is 29.2 Å². The molecule has 82 heavy (non-hydrogen) atoms. The van der Waals surface area contributed by atoms with Gasteiger partial charge in [0.05, 0.1) is 60.8 Å². The Kier molecular flexibility index (Phi) is 22.8. The van der Waals surface area contributed by atoms with Gasteiger partial charge in [0.2, 0.25) is 35.5 Å². The number of unbranched alkanes of at least 4 members (excludes halogenated alkanes) is 2. The Morgan fingerprint density at radius 2 is 1.33 bits per heavy atom. The first-order valence-corrected chi connectivity index (χ1v) is 28.2. The number of likely N-dealkylation sites (tertiary alicyclic amines) is 1. The van der Waals surface area contributed by atoms with E-state index in [4.69, 9.17) is 31.8 Å². The number of rotatable bonds is 25. The SMILES string of the molecule is CC.CC(C)C.CCn1nc(C)cc1C(=O)Nc1nc2cc(C(N)=O)ccc2n1C/C=C/Cn1c(NC(=O)c2cc(C)nn2CC)nc2cc(C(N)=O)cc(OCCCN3CC4(C3)CN(C(=O)CNC(=O)CCCCCON)CCO4)c21. The minimum absolute atomic E-state index is 0.0702. The summed E-state index contributed by atoms with van der Waals surface area (Å²) in [6, 6.07) is 11.4. The van der Waals surface area contributed by atoms with Crippen LogP contribution < -0.4 is 38.1 Å². The Morgan fingerprint density at radius 1 is 0.744 bits per heavy atom. The summed E-state index contributed by atoms with van der Waals surface area (Å²) in [6.07, 6.45) is 6.88. The minimum Gasteiger partial charge on any atom is -0.491 e. The maximum absolute atomic E-state index is 13.9. The van der Waals surface area contributed by atoms with E-state index in [9.17, 15) is 28.8 Å². The van der Waals surface area contributed by atoms with Gasteiger partial charge in [0.15, 0.2) is 0 Å². The molecule has 6 aromatic rings. The molecule has 2 aliphatic heterocycles. The highest BCUT2D eigenvalue weighted by atomic mass is 16.6. The van der Waals surface area contributed by atoms with Crippen LogP contribution in [0, 0.1) is 19.8 Å². The summed E-state index contributed by atoms with van der Waals surface area (Å²) in [4.78, 5) is 95.9. The Bertz CT molecular complexity index is 3220. The van der Waals surface area contributed by atoms with Gasteiger partial charge in [0, 0.05) is 69.9 Å². The summed E-state index contributed by atoms with van der Waals surface area (Å²) >= 11 is 0. The van der Waals surface area contributed by atoms with Gasteiger partial charge in [-0.2, -0.15) is 10.2 Å². The summed E-state index contributed by atoms with van der Waals surface area (Å²) < 4.78 is 19.4. The molecular formula is C57H82N16O9. The fourth-order valence-corrected chi connectivity index (χ4v) is 9.62. The van der Waals surface area contributed by atoms with Gasteiger partial charge in [-0.3, -0.25) is 53.7 Å². The van der Waals surface area contributed by atoms with Crippen molar-refractivity contribution in [2.75, 3.05) is 69.7 Å². The fraction of sp³-hybridized carbons (Fsp3) is 0.509. The van der Waals surface area contributed by atoms with Gasteiger partial charge in [0.25, 0.3) is 11.8 Å². The summed E-state index contributed by atoms with van der Waals surface area (Å²) in [6.45, 7) is 22.9. The number of nitrogens with one attached hydrogen (secondary N) is 3. The standard InChI is InChI=1S/C51H66N16O9.C4H10.C2H6/c1-5-66-39(23-32(3)60-66)47(72)58-49-56-36-25-34(45(52)70)14-15-38(36)64(49)17-9-10-18-65-44-37(57-50(65)59-48(73)40-24-33(4)61-67(40)6-2)26-35(46(53)71)27-41(44)74-20-12-16-62-29-51(30-62)31-63(19-22-75-51)43(69)28-55-42(68)13-8-7-11-21-76-54;1-4(2)3;1-2/h9-10,14-15,23-27H,5-8,11-13,16-22,28-31,54H2,1-4H3,(H2,52,70)(H2,53,71)(H,55,68)(H,56,58,72)(H,57,59,73);4H,1-3H3;1-2H3/b10-9+;;. The number of fused-ring (bicyclic) bond motifs is 2. The number of carbonyl (C=O) groups is 6. The van der Waals surface area contributed by atoms with Gasteiger partial charge in [-0.15, -0.1) is 0 Å². The van der Waals surface area contributed by atoms with Crippen LogP contribution in [0.25, 0.3) is 22.1 Å². The maximum Gasteiger partial charge on any atom is 0.276 e. The molecule has 0 aliphatic carbocycles. The van der Waals surface area contributed by atoms with Gasteiger partial charge in [-0.05, 0) is 95.3 Å². The highest BCUT2D eigenvalue weighted by molar-refractivity contribution is 6.05. The van der Waals surface area contributed by atoms with Crippen molar-refractivity contribution in [2.24, 2.45) is 23.3 Å². The molecule has 1 spiro atoms. The Morgan fingerprint density at radius 3 is 1.93 bits per heavy atom. The first-order valence-electron chi connectivity index (χ1n) is 28.2. The predicted molar refractivity (Wildman–Crippen MR) is 312 cm³/mol. The molecular weight excluding hydrogens is 1050 g/mol. The molecule has 8 rings (SSSR count). The zero-order valence-corrected chi connectivity index (χ0v) is 48.9. The lowest BCUT2D eigenvalue weighted by Crippen LogP contribution is -2.70. The van der Waals surface area contributed by atoms with Gasteiger partial charge in [-0.1, -0.05) is 53.2 Å². The number of benzene rings is 2. The summed E-state index contributed by atoms with van der Waals surface area (Å²) in [7, 11) is 0. The second kappa shape index (κ2) is 29.6. The van der Waals surface area contributed by atoms with Crippen LogP contribution in [0.15, 0.2) is 54.6 Å². The molecule has 25 nitrogen and oxygen atoms in total. The molecule has 444 valence electrons. The van der Waals surface area contributed by atoms with Crippen molar-refractivity contribution in [3.05, 3.63) is 88.5 Å². The molecule has 0 bridgehead atoms. The molecule has 0 unspecified atom stereocenters. The number of morpholine rings is 1. The van der Waals surface area contributed by atoms with E-state index in [1.807, 2.05) is 39.8 Å². The molecule has 0 radical (unpaired) electrons. The number of allylic oxidation sites excluding steroid dienone is 2. The Balaban J connectivity index is 0.00000173. The van der Waals surface area contributed by atoms with E-state index in [1.165, 1.54) is 0 Å². The van der Waals surface area contributed by atoms with Crippen LogP contribution in [0.1, 0.15) is 134 Å². The van der Waals surface area contributed by atoms with Crippen LogP contribution in [-0.2, 0) is 45.3 Å². The lowest BCUT2D eigenvalue weighted by molar-refractivity contribution is -0.188. The van der Waals surface area contributed by atoms with E-state index >= 15 is 0 Å². The molecule has 2 fully saturated rings. The fourth-order valence-electron chi connectivity index (χ4n) is 9.62. The van der Waals surface area contributed by atoms with Crippen molar-refractivity contribution in [1.82, 2.24) is 53.8 Å². The van der Waals surface area contributed by atoms with Gasteiger partial charge in [0.1, 0.15) is 28.3 Å². The summed E-state index contributed by atoms with van der Waals surface area (Å²) in [5, 5.41) is 17.5. The number of aryl methyl sites for hydroxylation is 4. The first-order chi connectivity index (χ1) is 39.3. The lowest BCUT2D eigenvalue weighted by atomic mass is 9.91. The zero-order chi connectivity index (χ0) is 59.7. The number of aromatic nitrogens is 8. The van der Waals surface area contributed by atoms with Crippen LogP contribution in [-0.4, -0.2) is 149 Å². The second-order valence-electron chi connectivity index (χ2n) is 20.7. The number of carbonyl (C=O) groups excluding carboxylic acids is 6. The van der Waals surface area contributed by atoms with Crippen molar-refractivity contribution in [1.29, 1.82) is 0 Å². The molecule has 6 heterocycles. The van der Waals surface area contributed by atoms with E-state index in [0.717, 1.165) is 18.8 Å². The van der Waals surface area contributed by atoms with E-state index in [0.29, 0.717) is 129 Å². The average molecular weight is 1140 g/mol. The number of ether oxygens (including phenoxy) is 2. The van der Waals surface area contributed by atoms with Crippen LogP contribution in [0.2, 0.25) is 0 Å². The van der Waals surface area contributed by atoms with Crippen LogP contribution in [0.4, 0.5) is 11.9 Å². The van der Waals surface area contributed by atoms with Crippen LogP contribution >= 0.6 is 0 Å². The van der Waals surface area contributed by atoms with E-state index in [2.05, 4.69) is 61.6 Å². The minimum atomic E-state index is -0.694. The van der Waals surface area contributed by atoms with Crippen LogP contribution in [0.5, 0.6) is 5.75 Å². The number of hydrogen-bond acceptors (Lipinski definition) is 15. The normalized spacial score (nSPS) is 13.9. The zero-order valence-electron chi connectivity index (χ0n) is 48.9. The third-order valence-electron chi connectivity index (χ3n) is 13.3. The predicted octanol–water partition coefficient (Wildman–Crippen LogP) is 5.33. The topological polar surface area (TPSA) is 322 Å². The molecule has 6 amide bonds. The third-order valence-corrected chi connectivity index (χ3v) is 13.3. The van der Waals surface area contributed by atoms with Crippen molar-refractivity contribution >= 4 is 69.4 Å². The largest absolute Gasteiger partial charge is 0.491 e. The number of imidazole rings is 2. The highest BCUT2D eigenvalue weighted by Gasteiger charge is 2.47. The Hall–Kier alpha value is -8.00. The number of hydrogen-bond donors (Lipinski definition) is 6. The maximum atomic E-state index is 13.9.